The first-order valence-electron chi connectivity index (χ1n) is 8.06. The fourth-order valence-corrected chi connectivity index (χ4v) is 2.80. The van der Waals surface area contributed by atoms with Crippen LogP contribution in [-0.2, 0) is 4.79 Å². The van der Waals surface area contributed by atoms with Gasteiger partial charge < -0.3 is 19.5 Å². The Morgan fingerprint density at radius 2 is 1.59 bits per heavy atom. The second-order valence-electron chi connectivity index (χ2n) is 5.39. The van der Waals surface area contributed by atoms with Crippen LogP contribution in [-0.4, -0.2) is 25.6 Å². The van der Waals surface area contributed by atoms with Crippen molar-refractivity contribution >= 4 is 28.9 Å². The Hall–Kier alpha value is -3.32. The maximum absolute atomic E-state index is 12.0. The number of methoxy groups -OCH3 is 1. The molecule has 1 N–H and O–H groups in total. The van der Waals surface area contributed by atoms with Crippen LogP contribution in [0.1, 0.15) is 9.67 Å². The van der Waals surface area contributed by atoms with Gasteiger partial charge in [-0.25, -0.2) is 4.79 Å². The normalized spacial score (nSPS) is 10.1. The summed E-state index contributed by atoms with van der Waals surface area (Å²) in [6, 6.07) is 17.0. The number of hydrogen-bond acceptors (Lipinski definition) is 6. The predicted molar refractivity (Wildman–Crippen MR) is 103 cm³/mol. The maximum Gasteiger partial charge on any atom is 0.349 e. The van der Waals surface area contributed by atoms with Crippen LogP contribution in [0.25, 0.3) is 0 Å². The van der Waals surface area contributed by atoms with Crippen LogP contribution in [0.3, 0.4) is 0 Å². The molecular formula is C20H17NO5S. The van der Waals surface area contributed by atoms with Gasteiger partial charge in [-0.15, -0.1) is 11.3 Å². The van der Waals surface area contributed by atoms with E-state index >= 15 is 0 Å². The van der Waals surface area contributed by atoms with Crippen LogP contribution < -0.4 is 19.5 Å². The van der Waals surface area contributed by atoms with Gasteiger partial charge in [-0.3, -0.25) is 4.79 Å². The molecule has 138 valence electrons. The van der Waals surface area contributed by atoms with Gasteiger partial charge in [-0.05, 0) is 60.0 Å². The predicted octanol–water partition coefficient (Wildman–Crippen LogP) is 3.99. The summed E-state index contributed by atoms with van der Waals surface area (Å²) in [4.78, 5) is 24.5. The summed E-state index contributed by atoms with van der Waals surface area (Å²) in [6.45, 7) is -0.219. The van der Waals surface area contributed by atoms with Gasteiger partial charge in [0.2, 0.25) is 0 Å². The largest absolute Gasteiger partial charge is 0.497 e. The fraction of sp³-hybridized carbons (Fsp3) is 0.100. The highest BCUT2D eigenvalue weighted by Crippen LogP contribution is 2.19. The van der Waals surface area contributed by atoms with Crippen molar-refractivity contribution in [1.82, 2.24) is 0 Å². The summed E-state index contributed by atoms with van der Waals surface area (Å²) in [7, 11) is 1.58. The molecule has 0 bridgehead atoms. The number of amides is 1. The molecule has 2 aromatic carbocycles. The number of ether oxygens (including phenoxy) is 3. The van der Waals surface area contributed by atoms with Crippen molar-refractivity contribution in [3.63, 3.8) is 0 Å². The van der Waals surface area contributed by atoms with E-state index in [-0.39, 0.29) is 12.5 Å². The minimum atomic E-state index is -0.527. The standard InChI is InChI=1S/C20H17NO5S/c1-24-15-8-10-16(11-9-15)25-13-19(22)26-17-6-4-14(5-7-17)21-20(23)18-3-2-12-27-18/h2-12H,13H2,1H3,(H,21,23). The summed E-state index contributed by atoms with van der Waals surface area (Å²) in [5, 5.41) is 4.62. The highest BCUT2D eigenvalue weighted by molar-refractivity contribution is 7.12. The van der Waals surface area contributed by atoms with Crippen molar-refractivity contribution < 1.29 is 23.8 Å². The zero-order valence-electron chi connectivity index (χ0n) is 14.5. The quantitative estimate of drug-likeness (QED) is 0.493. The molecule has 0 saturated carbocycles. The molecule has 0 saturated heterocycles. The molecule has 6 nitrogen and oxygen atoms in total. The first kappa shape index (κ1) is 18.5. The Morgan fingerprint density at radius 1 is 0.926 bits per heavy atom. The molecule has 27 heavy (non-hydrogen) atoms. The number of rotatable bonds is 7. The van der Waals surface area contributed by atoms with Crippen molar-refractivity contribution in [3.8, 4) is 17.2 Å². The molecule has 0 fully saturated rings. The minimum absolute atomic E-state index is 0.178. The lowest BCUT2D eigenvalue weighted by molar-refractivity contribution is -0.136. The van der Waals surface area contributed by atoms with Crippen molar-refractivity contribution in [2.45, 2.75) is 0 Å². The van der Waals surface area contributed by atoms with E-state index in [1.54, 1.807) is 61.7 Å². The van der Waals surface area contributed by atoms with Crippen molar-refractivity contribution in [3.05, 3.63) is 70.9 Å². The Morgan fingerprint density at radius 3 is 2.22 bits per heavy atom. The van der Waals surface area contributed by atoms with Gasteiger partial charge in [0.15, 0.2) is 6.61 Å². The topological polar surface area (TPSA) is 73.9 Å². The van der Waals surface area contributed by atoms with Crippen LogP contribution in [0.5, 0.6) is 17.2 Å². The van der Waals surface area contributed by atoms with E-state index in [0.29, 0.717) is 27.8 Å². The average molecular weight is 383 g/mol. The Kier molecular flexibility index (Phi) is 6.06. The Balaban J connectivity index is 1.48. The third-order valence-corrected chi connectivity index (χ3v) is 4.37. The second kappa shape index (κ2) is 8.86. The highest BCUT2D eigenvalue weighted by Gasteiger charge is 2.09. The van der Waals surface area contributed by atoms with Gasteiger partial charge in [0.05, 0.1) is 12.0 Å². The number of hydrogen-bond donors (Lipinski definition) is 1. The van der Waals surface area contributed by atoms with Crippen molar-refractivity contribution in [2.75, 3.05) is 19.0 Å². The van der Waals surface area contributed by atoms with Crippen LogP contribution >= 0.6 is 11.3 Å². The lowest BCUT2D eigenvalue weighted by atomic mass is 10.3. The van der Waals surface area contributed by atoms with Crippen LogP contribution in [0.2, 0.25) is 0 Å². The van der Waals surface area contributed by atoms with E-state index in [0.717, 1.165) is 0 Å². The summed E-state index contributed by atoms with van der Waals surface area (Å²) >= 11 is 1.37. The molecule has 1 heterocycles. The molecule has 0 unspecified atom stereocenters. The molecule has 0 spiro atoms. The van der Waals surface area contributed by atoms with E-state index in [9.17, 15) is 9.59 Å². The van der Waals surface area contributed by atoms with Crippen LogP contribution in [0, 0.1) is 0 Å². The SMILES string of the molecule is COc1ccc(OCC(=O)Oc2ccc(NC(=O)c3cccs3)cc2)cc1. The van der Waals surface area contributed by atoms with Gasteiger partial charge in [0.25, 0.3) is 5.91 Å². The first-order valence-corrected chi connectivity index (χ1v) is 8.94. The molecule has 1 aromatic heterocycles. The smallest absolute Gasteiger partial charge is 0.349 e. The molecule has 0 aliphatic heterocycles. The number of carbonyl (C=O) groups excluding carboxylic acids is 2. The third kappa shape index (κ3) is 5.32. The van der Waals surface area contributed by atoms with Gasteiger partial charge in [-0.1, -0.05) is 6.07 Å². The minimum Gasteiger partial charge on any atom is -0.497 e. The number of nitrogens with one attached hydrogen (secondary N) is 1. The summed E-state index contributed by atoms with van der Waals surface area (Å²) in [5.41, 5.74) is 0.614. The Labute approximate surface area is 160 Å². The molecule has 1 amide bonds. The van der Waals surface area contributed by atoms with Gasteiger partial charge >= 0.3 is 5.97 Å². The second-order valence-corrected chi connectivity index (χ2v) is 6.34. The van der Waals surface area contributed by atoms with Gasteiger partial charge in [0, 0.05) is 5.69 Å². The monoisotopic (exact) mass is 383 g/mol. The fourth-order valence-electron chi connectivity index (χ4n) is 2.18. The number of thiophene rings is 1. The van der Waals surface area contributed by atoms with Crippen molar-refractivity contribution in [2.24, 2.45) is 0 Å². The molecule has 0 atom stereocenters. The molecule has 7 heteroatoms. The number of esters is 1. The highest BCUT2D eigenvalue weighted by atomic mass is 32.1. The zero-order valence-corrected chi connectivity index (χ0v) is 15.3. The van der Waals surface area contributed by atoms with E-state index in [2.05, 4.69) is 5.32 Å². The molecule has 0 aliphatic carbocycles. The van der Waals surface area contributed by atoms with E-state index in [1.807, 2.05) is 11.4 Å². The lowest BCUT2D eigenvalue weighted by Gasteiger charge is -2.08. The van der Waals surface area contributed by atoms with Crippen LogP contribution in [0.15, 0.2) is 66.0 Å². The number of anilines is 1. The average Bonchev–Trinajstić information content (AvgIpc) is 3.23. The first-order chi connectivity index (χ1) is 13.1. The third-order valence-electron chi connectivity index (χ3n) is 3.50. The summed E-state index contributed by atoms with van der Waals surface area (Å²) in [5.74, 6) is 0.909. The Bertz CT molecular complexity index is 889. The van der Waals surface area contributed by atoms with Gasteiger partial charge in [-0.2, -0.15) is 0 Å². The molecule has 0 radical (unpaired) electrons. The number of benzene rings is 2. The molecular weight excluding hydrogens is 366 g/mol. The summed E-state index contributed by atoms with van der Waals surface area (Å²) in [6.07, 6.45) is 0. The lowest BCUT2D eigenvalue weighted by Crippen LogP contribution is -2.17. The van der Waals surface area contributed by atoms with E-state index in [4.69, 9.17) is 14.2 Å². The molecule has 3 aromatic rings. The molecule has 3 rings (SSSR count). The van der Waals surface area contributed by atoms with Gasteiger partial charge in [0.1, 0.15) is 17.2 Å². The van der Waals surface area contributed by atoms with E-state index < -0.39 is 5.97 Å². The summed E-state index contributed by atoms with van der Waals surface area (Å²) < 4.78 is 15.6. The number of carbonyl (C=O) groups is 2. The molecule has 0 aliphatic rings. The van der Waals surface area contributed by atoms with Crippen molar-refractivity contribution in [1.29, 1.82) is 0 Å². The maximum atomic E-state index is 12.0. The van der Waals surface area contributed by atoms with Crippen LogP contribution in [0.4, 0.5) is 5.69 Å². The zero-order chi connectivity index (χ0) is 19.1. The van der Waals surface area contributed by atoms with E-state index in [1.165, 1.54) is 11.3 Å².